The molecule has 2 aromatic carbocycles. The SMILES string of the molecule is Cc1ccc(C2CC(c3ccco3)=NN2c2ccc(C)cc2C)cc1. The highest BCUT2D eigenvalue weighted by Crippen LogP contribution is 2.38. The minimum Gasteiger partial charge on any atom is -0.463 e. The van der Waals surface area contributed by atoms with Crippen molar-refractivity contribution >= 4 is 11.4 Å². The molecule has 0 fully saturated rings. The van der Waals surface area contributed by atoms with E-state index in [0.29, 0.717) is 0 Å². The Balaban J connectivity index is 1.78. The van der Waals surface area contributed by atoms with Gasteiger partial charge in [0.15, 0.2) is 0 Å². The van der Waals surface area contributed by atoms with Crippen LogP contribution in [0.4, 0.5) is 5.69 Å². The quantitative estimate of drug-likeness (QED) is 0.629. The maximum absolute atomic E-state index is 5.60. The summed E-state index contributed by atoms with van der Waals surface area (Å²) in [6, 6.07) is 19.4. The van der Waals surface area contributed by atoms with Crippen LogP contribution < -0.4 is 5.01 Å². The first-order valence-corrected chi connectivity index (χ1v) is 8.66. The Hall–Kier alpha value is -2.81. The van der Waals surface area contributed by atoms with E-state index in [9.17, 15) is 0 Å². The Bertz CT molecular complexity index is 908. The molecule has 4 rings (SSSR count). The molecule has 3 aromatic rings. The molecule has 0 bridgehead atoms. The van der Waals surface area contributed by atoms with Crippen molar-refractivity contribution in [2.45, 2.75) is 33.2 Å². The molecule has 0 radical (unpaired) electrons. The number of hydrogen-bond acceptors (Lipinski definition) is 3. The van der Waals surface area contributed by atoms with Crippen molar-refractivity contribution in [2.24, 2.45) is 5.10 Å². The number of anilines is 1. The van der Waals surface area contributed by atoms with E-state index in [-0.39, 0.29) is 6.04 Å². The van der Waals surface area contributed by atoms with Crippen molar-refractivity contribution in [3.63, 3.8) is 0 Å². The molecular formula is C22H22N2O. The van der Waals surface area contributed by atoms with E-state index in [1.165, 1.54) is 22.3 Å². The third-order valence-electron chi connectivity index (χ3n) is 4.78. The predicted molar refractivity (Wildman–Crippen MR) is 102 cm³/mol. The third kappa shape index (κ3) is 2.98. The van der Waals surface area contributed by atoms with Gasteiger partial charge in [-0.1, -0.05) is 47.5 Å². The number of aryl methyl sites for hydroxylation is 3. The predicted octanol–water partition coefficient (Wildman–Crippen LogP) is 5.56. The Labute approximate surface area is 148 Å². The number of benzene rings is 2. The van der Waals surface area contributed by atoms with E-state index in [4.69, 9.17) is 9.52 Å². The molecule has 2 heterocycles. The van der Waals surface area contributed by atoms with E-state index in [2.05, 4.69) is 68.2 Å². The summed E-state index contributed by atoms with van der Waals surface area (Å²) < 4.78 is 5.60. The van der Waals surface area contributed by atoms with Gasteiger partial charge in [0.1, 0.15) is 11.5 Å². The summed E-state index contributed by atoms with van der Waals surface area (Å²) in [5, 5.41) is 7.08. The van der Waals surface area contributed by atoms with Gasteiger partial charge in [0.2, 0.25) is 0 Å². The second kappa shape index (κ2) is 6.25. The van der Waals surface area contributed by atoms with Crippen LogP contribution in [0.1, 0.15) is 40.5 Å². The molecule has 1 aliphatic heterocycles. The minimum atomic E-state index is 0.183. The lowest BCUT2D eigenvalue weighted by molar-refractivity contribution is 0.556. The molecular weight excluding hydrogens is 308 g/mol. The van der Waals surface area contributed by atoms with Gasteiger partial charge in [-0.25, -0.2) is 0 Å². The maximum Gasteiger partial charge on any atom is 0.149 e. The van der Waals surface area contributed by atoms with Gasteiger partial charge < -0.3 is 4.42 Å². The van der Waals surface area contributed by atoms with Crippen molar-refractivity contribution in [3.05, 3.63) is 88.9 Å². The molecule has 1 aliphatic rings. The van der Waals surface area contributed by atoms with E-state index in [1.54, 1.807) is 6.26 Å². The highest BCUT2D eigenvalue weighted by molar-refractivity contribution is 6.01. The molecule has 0 N–H and O–H groups in total. The lowest BCUT2D eigenvalue weighted by Gasteiger charge is -2.25. The van der Waals surface area contributed by atoms with Gasteiger partial charge in [-0.05, 0) is 50.1 Å². The summed E-state index contributed by atoms with van der Waals surface area (Å²) in [7, 11) is 0. The summed E-state index contributed by atoms with van der Waals surface area (Å²) in [5.41, 5.74) is 7.19. The first-order chi connectivity index (χ1) is 12.1. The van der Waals surface area contributed by atoms with Crippen LogP contribution in [0.25, 0.3) is 0 Å². The largest absolute Gasteiger partial charge is 0.463 e. The summed E-state index contributed by atoms with van der Waals surface area (Å²) in [4.78, 5) is 0. The highest BCUT2D eigenvalue weighted by Gasteiger charge is 2.31. The molecule has 1 aromatic heterocycles. The zero-order chi connectivity index (χ0) is 17.4. The van der Waals surface area contributed by atoms with E-state index < -0.39 is 0 Å². The second-order valence-corrected chi connectivity index (χ2v) is 6.79. The van der Waals surface area contributed by atoms with Crippen molar-refractivity contribution in [1.82, 2.24) is 0 Å². The zero-order valence-electron chi connectivity index (χ0n) is 14.9. The number of furan rings is 1. The molecule has 0 saturated heterocycles. The van der Waals surface area contributed by atoms with Gasteiger partial charge in [-0.2, -0.15) is 5.10 Å². The Morgan fingerprint density at radius 3 is 2.40 bits per heavy atom. The average molecular weight is 330 g/mol. The molecule has 0 aliphatic carbocycles. The molecule has 126 valence electrons. The fraction of sp³-hybridized carbons (Fsp3) is 0.227. The van der Waals surface area contributed by atoms with Gasteiger partial charge in [0, 0.05) is 6.42 Å². The van der Waals surface area contributed by atoms with Crippen LogP contribution in [-0.2, 0) is 0 Å². The van der Waals surface area contributed by atoms with Crippen LogP contribution in [0.3, 0.4) is 0 Å². The van der Waals surface area contributed by atoms with Crippen molar-refractivity contribution in [3.8, 4) is 0 Å². The van der Waals surface area contributed by atoms with Gasteiger partial charge in [0.25, 0.3) is 0 Å². The lowest BCUT2D eigenvalue weighted by Crippen LogP contribution is -2.19. The standard InChI is InChI=1S/C22H22N2O/c1-15-6-9-18(10-7-15)21-14-19(22-5-4-12-25-22)23-24(21)20-11-8-16(2)13-17(20)3/h4-13,21H,14H2,1-3H3. The molecule has 3 nitrogen and oxygen atoms in total. The van der Waals surface area contributed by atoms with Gasteiger partial charge in [-0.15, -0.1) is 0 Å². The summed E-state index contributed by atoms with van der Waals surface area (Å²) in [6.07, 6.45) is 2.54. The summed E-state index contributed by atoms with van der Waals surface area (Å²) in [5.74, 6) is 0.851. The Morgan fingerprint density at radius 2 is 1.72 bits per heavy atom. The van der Waals surface area contributed by atoms with Crippen LogP contribution in [0, 0.1) is 20.8 Å². The molecule has 0 saturated carbocycles. The highest BCUT2D eigenvalue weighted by atomic mass is 16.3. The van der Waals surface area contributed by atoms with E-state index >= 15 is 0 Å². The molecule has 1 unspecified atom stereocenters. The number of nitrogens with zero attached hydrogens (tertiary/aromatic N) is 2. The van der Waals surface area contributed by atoms with Gasteiger partial charge in [0.05, 0.1) is 18.0 Å². The molecule has 0 amide bonds. The normalized spacial score (nSPS) is 17.0. The van der Waals surface area contributed by atoms with E-state index in [0.717, 1.165) is 23.6 Å². The van der Waals surface area contributed by atoms with Crippen LogP contribution >= 0.6 is 0 Å². The van der Waals surface area contributed by atoms with Crippen LogP contribution in [0.2, 0.25) is 0 Å². The Morgan fingerprint density at radius 1 is 0.960 bits per heavy atom. The second-order valence-electron chi connectivity index (χ2n) is 6.79. The maximum atomic E-state index is 5.60. The minimum absolute atomic E-state index is 0.183. The summed E-state index contributed by atoms with van der Waals surface area (Å²) in [6.45, 7) is 6.38. The van der Waals surface area contributed by atoms with Crippen LogP contribution in [0.15, 0.2) is 70.4 Å². The lowest BCUT2D eigenvalue weighted by atomic mass is 9.99. The molecule has 25 heavy (non-hydrogen) atoms. The first kappa shape index (κ1) is 15.7. The Kier molecular flexibility index (Phi) is 3.92. The van der Waals surface area contributed by atoms with Crippen molar-refractivity contribution in [2.75, 3.05) is 5.01 Å². The molecule has 1 atom stereocenters. The monoisotopic (exact) mass is 330 g/mol. The van der Waals surface area contributed by atoms with Crippen LogP contribution in [0.5, 0.6) is 0 Å². The first-order valence-electron chi connectivity index (χ1n) is 8.66. The summed E-state index contributed by atoms with van der Waals surface area (Å²) >= 11 is 0. The zero-order valence-corrected chi connectivity index (χ0v) is 14.9. The van der Waals surface area contributed by atoms with Crippen LogP contribution in [-0.4, -0.2) is 5.71 Å². The third-order valence-corrected chi connectivity index (χ3v) is 4.78. The molecule has 3 heteroatoms. The average Bonchev–Trinajstić information content (AvgIpc) is 3.25. The smallest absolute Gasteiger partial charge is 0.149 e. The van der Waals surface area contributed by atoms with Gasteiger partial charge in [-0.3, -0.25) is 5.01 Å². The number of rotatable bonds is 3. The number of hydrogen-bond donors (Lipinski definition) is 0. The van der Waals surface area contributed by atoms with E-state index in [1.807, 2.05) is 12.1 Å². The van der Waals surface area contributed by atoms with Gasteiger partial charge >= 0.3 is 0 Å². The van der Waals surface area contributed by atoms with Crippen molar-refractivity contribution in [1.29, 1.82) is 0 Å². The number of hydrazone groups is 1. The topological polar surface area (TPSA) is 28.7 Å². The fourth-order valence-electron chi connectivity index (χ4n) is 3.43. The van der Waals surface area contributed by atoms with Crippen molar-refractivity contribution < 1.29 is 4.42 Å². The molecule has 0 spiro atoms. The fourth-order valence-corrected chi connectivity index (χ4v) is 3.43.